The van der Waals surface area contributed by atoms with Crippen LogP contribution in [0.15, 0.2) is 0 Å². The zero-order valence-corrected chi connectivity index (χ0v) is 6.03. The molecule has 3 amide bonds. The van der Waals surface area contributed by atoms with Crippen molar-refractivity contribution in [3.63, 3.8) is 0 Å². The van der Waals surface area contributed by atoms with Gasteiger partial charge in [0, 0.05) is 0 Å². The second-order valence-corrected chi connectivity index (χ2v) is 2.29. The molecule has 0 radical (unpaired) electrons. The zero-order valence-electron chi connectivity index (χ0n) is 6.03. The summed E-state index contributed by atoms with van der Waals surface area (Å²) >= 11 is 0. The average molecular weight is 156 g/mol. The van der Waals surface area contributed by atoms with Gasteiger partial charge in [-0.05, 0) is 6.92 Å². The van der Waals surface area contributed by atoms with Crippen LogP contribution in [0.4, 0.5) is 4.79 Å². The fourth-order valence-corrected chi connectivity index (χ4v) is 0.920. The van der Waals surface area contributed by atoms with Gasteiger partial charge >= 0.3 is 6.03 Å². The molecular weight excluding hydrogens is 148 g/mol. The predicted octanol–water partition coefficient (Wildman–Crippen LogP) is -0.874. The molecule has 0 bridgehead atoms. The van der Waals surface area contributed by atoms with Gasteiger partial charge in [-0.25, -0.2) is 4.79 Å². The molecule has 1 atom stereocenters. The molecule has 5 heteroatoms. The van der Waals surface area contributed by atoms with E-state index in [1.54, 1.807) is 6.92 Å². The summed E-state index contributed by atoms with van der Waals surface area (Å²) in [5.41, 5.74) is 0. The van der Waals surface area contributed by atoms with Gasteiger partial charge in [-0.15, -0.1) is 0 Å². The number of imide groups is 1. The number of rotatable bonds is 2. The number of nitrogens with one attached hydrogen (secondary N) is 1. The molecule has 0 aromatic carbocycles. The highest BCUT2D eigenvalue weighted by molar-refractivity contribution is 6.04. The first-order chi connectivity index (χ1) is 5.16. The Kier molecular flexibility index (Phi) is 1.89. The molecule has 0 spiro atoms. The van der Waals surface area contributed by atoms with Crippen LogP contribution in [-0.4, -0.2) is 35.7 Å². The molecule has 1 saturated heterocycles. The van der Waals surface area contributed by atoms with Crippen LogP contribution in [0.1, 0.15) is 6.92 Å². The van der Waals surface area contributed by atoms with E-state index >= 15 is 0 Å². The van der Waals surface area contributed by atoms with E-state index in [9.17, 15) is 14.4 Å². The highest BCUT2D eigenvalue weighted by Gasteiger charge is 2.33. The topological polar surface area (TPSA) is 66.5 Å². The molecule has 1 aliphatic rings. The van der Waals surface area contributed by atoms with E-state index in [2.05, 4.69) is 5.32 Å². The number of hydrogen-bond donors (Lipinski definition) is 1. The third kappa shape index (κ3) is 1.21. The number of nitrogens with zero attached hydrogens (tertiary/aromatic N) is 1. The van der Waals surface area contributed by atoms with Crippen molar-refractivity contribution in [2.75, 3.05) is 6.54 Å². The van der Waals surface area contributed by atoms with Crippen molar-refractivity contribution < 1.29 is 14.4 Å². The number of carbonyl (C=O) groups is 3. The van der Waals surface area contributed by atoms with Crippen LogP contribution < -0.4 is 5.32 Å². The van der Waals surface area contributed by atoms with Gasteiger partial charge in [-0.2, -0.15) is 0 Å². The smallest absolute Gasteiger partial charge is 0.306 e. The lowest BCUT2D eigenvalue weighted by atomic mass is 10.3. The van der Waals surface area contributed by atoms with Crippen molar-refractivity contribution in [1.82, 2.24) is 10.2 Å². The molecule has 1 rings (SSSR count). The van der Waals surface area contributed by atoms with Crippen LogP contribution >= 0.6 is 0 Å². The monoisotopic (exact) mass is 156 g/mol. The molecule has 0 aliphatic carbocycles. The predicted molar refractivity (Wildman–Crippen MR) is 35.8 cm³/mol. The quantitative estimate of drug-likeness (QED) is 0.417. The summed E-state index contributed by atoms with van der Waals surface area (Å²) in [6.07, 6.45) is 0.592. The van der Waals surface area contributed by atoms with Gasteiger partial charge in [-0.3, -0.25) is 10.1 Å². The largest absolute Gasteiger partial charge is 0.325 e. The summed E-state index contributed by atoms with van der Waals surface area (Å²) in [6.45, 7) is 1.54. The highest BCUT2D eigenvalue weighted by Crippen LogP contribution is 2.05. The molecule has 11 heavy (non-hydrogen) atoms. The third-order valence-electron chi connectivity index (χ3n) is 1.61. The van der Waals surface area contributed by atoms with Crippen LogP contribution in [0.3, 0.4) is 0 Å². The summed E-state index contributed by atoms with van der Waals surface area (Å²) in [6, 6.07) is -1.01. The Morgan fingerprint density at radius 1 is 1.64 bits per heavy atom. The van der Waals surface area contributed by atoms with Crippen molar-refractivity contribution in [3.05, 3.63) is 0 Å². The van der Waals surface area contributed by atoms with Gasteiger partial charge in [0.2, 0.25) is 0 Å². The molecular formula is C6H8N2O3. The standard InChI is InChI=1S/C6H8N2O3/c1-4-5(10)7-6(11)8(4)2-3-9/h3-4H,2H2,1H3,(H,7,10,11). The summed E-state index contributed by atoms with van der Waals surface area (Å²) in [5, 5.41) is 2.09. The van der Waals surface area contributed by atoms with Crippen molar-refractivity contribution in [2.24, 2.45) is 0 Å². The van der Waals surface area contributed by atoms with E-state index < -0.39 is 12.1 Å². The Labute approximate surface area is 63.4 Å². The van der Waals surface area contributed by atoms with Crippen LogP contribution in [-0.2, 0) is 9.59 Å². The van der Waals surface area contributed by atoms with E-state index in [-0.39, 0.29) is 12.5 Å². The minimum Gasteiger partial charge on any atom is -0.306 e. The first-order valence-corrected chi connectivity index (χ1v) is 3.22. The van der Waals surface area contributed by atoms with Crippen molar-refractivity contribution in [2.45, 2.75) is 13.0 Å². The molecule has 60 valence electrons. The molecule has 0 aromatic heterocycles. The molecule has 1 heterocycles. The fraction of sp³-hybridized carbons (Fsp3) is 0.500. The normalized spacial score (nSPS) is 23.7. The molecule has 1 fully saturated rings. The Morgan fingerprint density at radius 3 is 2.64 bits per heavy atom. The van der Waals surface area contributed by atoms with Crippen LogP contribution in [0.5, 0.6) is 0 Å². The van der Waals surface area contributed by atoms with Gasteiger partial charge in [-0.1, -0.05) is 0 Å². The lowest BCUT2D eigenvalue weighted by Gasteiger charge is -2.13. The summed E-state index contributed by atoms with van der Waals surface area (Å²) < 4.78 is 0. The summed E-state index contributed by atoms with van der Waals surface area (Å²) in [4.78, 5) is 32.8. The second-order valence-electron chi connectivity index (χ2n) is 2.29. The Morgan fingerprint density at radius 2 is 2.27 bits per heavy atom. The maximum absolute atomic E-state index is 10.8. The minimum absolute atomic E-state index is 0.0290. The molecule has 0 aromatic rings. The first-order valence-electron chi connectivity index (χ1n) is 3.22. The van der Waals surface area contributed by atoms with E-state index in [1.165, 1.54) is 4.90 Å². The molecule has 5 nitrogen and oxygen atoms in total. The third-order valence-corrected chi connectivity index (χ3v) is 1.61. The average Bonchev–Trinajstić information content (AvgIpc) is 2.17. The SMILES string of the molecule is CC1C(=O)NC(=O)N1CC=O. The zero-order chi connectivity index (χ0) is 8.43. The van der Waals surface area contributed by atoms with E-state index in [0.717, 1.165) is 0 Å². The van der Waals surface area contributed by atoms with Crippen LogP contribution in [0.25, 0.3) is 0 Å². The lowest BCUT2D eigenvalue weighted by molar-refractivity contribution is -0.121. The van der Waals surface area contributed by atoms with Gasteiger partial charge in [0.15, 0.2) is 0 Å². The summed E-state index contributed by atoms with van der Waals surface area (Å²) in [5.74, 6) is -0.350. The van der Waals surface area contributed by atoms with Crippen molar-refractivity contribution >= 4 is 18.2 Å². The Bertz CT molecular complexity index is 214. The van der Waals surface area contributed by atoms with Crippen molar-refractivity contribution in [3.8, 4) is 0 Å². The number of amides is 3. The summed E-state index contributed by atoms with van der Waals surface area (Å²) in [7, 11) is 0. The molecule has 1 N–H and O–H groups in total. The second kappa shape index (κ2) is 2.69. The fourth-order valence-electron chi connectivity index (χ4n) is 0.920. The molecule has 1 aliphatic heterocycles. The van der Waals surface area contributed by atoms with E-state index in [4.69, 9.17) is 0 Å². The molecule has 0 saturated carbocycles. The molecule has 1 unspecified atom stereocenters. The maximum Gasteiger partial charge on any atom is 0.325 e. The number of carbonyl (C=O) groups excluding carboxylic acids is 3. The van der Waals surface area contributed by atoms with E-state index in [1.807, 2.05) is 0 Å². The first kappa shape index (κ1) is 7.71. The maximum atomic E-state index is 10.8. The Hall–Kier alpha value is -1.39. The van der Waals surface area contributed by atoms with Crippen LogP contribution in [0.2, 0.25) is 0 Å². The number of hydrogen-bond acceptors (Lipinski definition) is 3. The van der Waals surface area contributed by atoms with Crippen molar-refractivity contribution in [1.29, 1.82) is 0 Å². The van der Waals surface area contributed by atoms with Gasteiger partial charge in [0.05, 0.1) is 6.54 Å². The minimum atomic E-state index is -0.521. The van der Waals surface area contributed by atoms with Gasteiger partial charge in [0.1, 0.15) is 12.3 Å². The van der Waals surface area contributed by atoms with E-state index in [0.29, 0.717) is 6.29 Å². The van der Waals surface area contributed by atoms with Crippen LogP contribution in [0, 0.1) is 0 Å². The number of aldehydes is 1. The Balaban J connectivity index is 2.70. The lowest BCUT2D eigenvalue weighted by Crippen LogP contribution is -2.34. The number of urea groups is 1. The highest BCUT2D eigenvalue weighted by atomic mass is 16.2. The van der Waals surface area contributed by atoms with Gasteiger partial charge < -0.3 is 9.69 Å². The van der Waals surface area contributed by atoms with Gasteiger partial charge in [0.25, 0.3) is 5.91 Å².